The van der Waals surface area contributed by atoms with Crippen LogP contribution in [-0.2, 0) is 6.54 Å². The minimum atomic E-state index is -0.514. The molecule has 1 fully saturated rings. The fraction of sp³-hybridized carbons (Fsp3) is 0.211. The number of H-pyrrole nitrogens is 2. The Labute approximate surface area is 184 Å². The summed E-state index contributed by atoms with van der Waals surface area (Å²) in [6.45, 7) is 0.359. The number of fused-ring (bicyclic) bond motifs is 1. The van der Waals surface area contributed by atoms with Crippen molar-refractivity contribution in [1.82, 2.24) is 29.5 Å². The van der Waals surface area contributed by atoms with Crippen LogP contribution in [0.25, 0.3) is 11.7 Å². The van der Waals surface area contributed by atoms with Crippen molar-refractivity contribution in [2.45, 2.75) is 25.4 Å². The lowest BCUT2D eigenvalue weighted by Crippen LogP contribution is -2.24. The van der Waals surface area contributed by atoms with Gasteiger partial charge in [-0.05, 0) is 30.5 Å². The Bertz CT molecular complexity index is 1470. The summed E-state index contributed by atoms with van der Waals surface area (Å²) in [5.74, 6) is 0.0696. The quantitative estimate of drug-likeness (QED) is 0.356. The van der Waals surface area contributed by atoms with Crippen molar-refractivity contribution < 1.29 is 5.11 Å². The van der Waals surface area contributed by atoms with Gasteiger partial charge in [-0.1, -0.05) is 35.3 Å². The van der Waals surface area contributed by atoms with Gasteiger partial charge in [0.05, 0.1) is 22.3 Å². The van der Waals surface area contributed by atoms with E-state index in [-0.39, 0.29) is 17.6 Å². The number of nitrogens with zero attached hydrogens (tertiary/aromatic N) is 5. The first-order valence-corrected chi connectivity index (χ1v) is 10.2. The average Bonchev–Trinajstić information content (AvgIpc) is 3.37. The van der Waals surface area contributed by atoms with E-state index in [0.29, 0.717) is 39.0 Å². The number of aromatic nitrogens is 6. The lowest BCUT2D eigenvalue weighted by Gasteiger charge is -2.08. The van der Waals surface area contributed by atoms with Gasteiger partial charge in [-0.25, -0.2) is 9.79 Å². The molecule has 1 saturated carbocycles. The normalized spacial score (nSPS) is 15.2. The van der Waals surface area contributed by atoms with Gasteiger partial charge >= 0.3 is 5.69 Å². The predicted molar refractivity (Wildman–Crippen MR) is 115 cm³/mol. The molecule has 0 atom stereocenters. The second-order valence-corrected chi connectivity index (χ2v) is 7.88. The third kappa shape index (κ3) is 3.99. The predicted octanol–water partition coefficient (Wildman–Crippen LogP) is 1.38. The number of imidazole rings is 1. The summed E-state index contributed by atoms with van der Waals surface area (Å²) < 4.78 is 1.53. The van der Waals surface area contributed by atoms with Crippen molar-refractivity contribution in [1.29, 1.82) is 0 Å². The molecule has 1 aromatic carbocycles. The maximum atomic E-state index is 11.4. The number of halogens is 2. The molecule has 158 valence electrons. The molecule has 4 aromatic rings. The van der Waals surface area contributed by atoms with Gasteiger partial charge in [-0.15, -0.1) is 0 Å². The molecule has 1 aliphatic carbocycles. The maximum Gasteiger partial charge on any atom is 0.326 e. The summed E-state index contributed by atoms with van der Waals surface area (Å²) >= 11 is 12.4. The second kappa shape index (κ2) is 7.71. The molecule has 4 N–H and O–H groups in total. The summed E-state index contributed by atoms with van der Waals surface area (Å²) in [7, 11) is 0. The molecule has 31 heavy (non-hydrogen) atoms. The highest BCUT2D eigenvalue weighted by molar-refractivity contribution is 6.42. The molecule has 0 bridgehead atoms. The Hall–Kier alpha value is -3.37. The molecule has 5 rings (SSSR count). The van der Waals surface area contributed by atoms with E-state index >= 15 is 0 Å². The van der Waals surface area contributed by atoms with Crippen LogP contribution in [0.2, 0.25) is 10.0 Å². The lowest BCUT2D eigenvalue weighted by atomic mass is 10.2. The van der Waals surface area contributed by atoms with Crippen molar-refractivity contribution in [2.24, 2.45) is 4.99 Å². The van der Waals surface area contributed by atoms with E-state index < -0.39 is 5.69 Å². The van der Waals surface area contributed by atoms with Crippen LogP contribution in [0.4, 0.5) is 5.95 Å². The summed E-state index contributed by atoms with van der Waals surface area (Å²) in [5.41, 5.74) is 1.39. The summed E-state index contributed by atoms with van der Waals surface area (Å²) in [6, 6.07) is 5.61. The van der Waals surface area contributed by atoms with E-state index in [2.05, 4.69) is 35.3 Å². The van der Waals surface area contributed by atoms with Crippen LogP contribution in [-0.4, -0.2) is 40.7 Å². The van der Waals surface area contributed by atoms with Gasteiger partial charge in [0, 0.05) is 11.8 Å². The van der Waals surface area contributed by atoms with Gasteiger partial charge in [0.1, 0.15) is 5.69 Å². The van der Waals surface area contributed by atoms with E-state index in [0.717, 1.165) is 18.4 Å². The molecule has 3 heterocycles. The Morgan fingerprint density at radius 1 is 1.29 bits per heavy atom. The van der Waals surface area contributed by atoms with Gasteiger partial charge in [-0.3, -0.25) is 4.98 Å². The molecular weight excluding hydrogens is 443 g/mol. The molecule has 0 amide bonds. The van der Waals surface area contributed by atoms with Crippen molar-refractivity contribution >= 4 is 40.9 Å². The molecular formula is C19H16Cl2N8O2. The summed E-state index contributed by atoms with van der Waals surface area (Å²) in [5, 5.41) is 18.9. The number of benzene rings is 1. The molecule has 0 unspecified atom stereocenters. The van der Waals surface area contributed by atoms with Crippen molar-refractivity contribution in [3.05, 3.63) is 67.0 Å². The summed E-state index contributed by atoms with van der Waals surface area (Å²) in [4.78, 5) is 29.9. The molecule has 0 spiro atoms. The van der Waals surface area contributed by atoms with Gasteiger partial charge in [0.15, 0.2) is 5.65 Å². The highest BCUT2D eigenvalue weighted by Crippen LogP contribution is 2.26. The van der Waals surface area contributed by atoms with E-state index in [4.69, 9.17) is 23.2 Å². The minimum Gasteiger partial charge on any atom is -0.493 e. The zero-order chi connectivity index (χ0) is 21.5. The maximum absolute atomic E-state index is 11.4. The van der Waals surface area contributed by atoms with Crippen LogP contribution in [0.15, 0.2) is 34.2 Å². The summed E-state index contributed by atoms with van der Waals surface area (Å²) in [6.07, 6.45) is 5.15. The molecule has 3 aromatic heterocycles. The molecule has 0 aliphatic heterocycles. The Morgan fingerprint density at radius 3 is 2.87 bits per heavy atom. The van der Waals surface area contributed by atoms with Crippen LogP contribution in [0, 0.1) is 0 Å². The Kier molecular flexibility index (Phi) is 4.87. The molecule has 0 saturated heterocycles. The molecule has 10 nitrogen and oxygen atoms in total. The monoisotopic (exact) mass is 458 g/mol. The lowest BCUT2D eigenvalue weighted by molar-refractivity contribution is 0.454. The van der Waals surface area contributed by atoms with Gasteiger partial charge < -0.3 is 15.4 Å². The highest BCUT2D eigenvalue weighted by Gasteiger charge is 2.21. The fourth-order valence-electron chi connectivity index (χ4n) is 3.02. The van der Waals surface area contributed by atoms with Crippen molar-refractivity contribution in [3.8, 4) is 5.88 Å². The van der Waals surface area contributed by atoms with Gasteiger partial charge in [0.25, 0.3) is 5.62 Å². The minimum absolute atomic E-state index is 0.218. The fourth-order valence-corrected chi connectivity index (χ4v) is 3.41. The van der Waals surface area contributed by atoms with Gasteiger partial charge in [-0.2, -0.15) is 19.6 Å². The number of rotatable bonds is 5. The first-order valence-electron chi connectivity index (χ1n) is 9.47. The van der Waals surface area contributed by atoms with E-state index in [1.165, 1.54) is 4.52 Å². The first kappa shape index (κ1) is 19.6. The smallest absolute Gasteiger partial charge is 0.326 e. The molecule has 1 aliphatic rings. The van der Waals surface area contributed by atoms with Gasteiger partial charge in [0.2, 0.25) is 11.8 Å². The van der Waals surface area contributed by atoms with Crippen LogP contribution in [0.1, 0.15) is 24.1 Å². The van der Waals surface area contributed by atoms with E-state index in [9.17, 15) is 9.90 Å². The van der Waals surface area contributed by atoms with Crippen LogP contribution in [0.3, 0.4) is 0 Å². The van der Waals surface area contributed by atoms with Crippen LogP contribution in [0.5, 0.6) is 5.88 Å². The zero-order valence-electron chi connectivity index (χ0n) is 15.9. The largest absolute Gasteiger partial charge is 0.493 e. The number of aromatic hydroxyl groups is 1. The van der Waals surface area contributed by atoms with Crippen LogP contribution >= 0.6 is 23.2 Å². The standard InChI is InChI=1S/C19H16Cl2N8O2/c20-12-3-1-2-9(14(12)21)7-22-17-26-15-10(6-13-16(30)27-19(31)25-13)8-23-29(15)18(28-17)24-11-4-5-11/h1-3,6,8,11,30H,4-5,7H2,(H,22,24,28)(H2,25,27,31)/b10-6+. The first-order chi connectivity index (χ1) is 15.0. The second-order valence-electron chi connectivity index (χ2n) is 7.10. The SMILES string of the molecule is O=c1[nH]c(O)c(/C=c2\cnn3c(=NC4CC4)nc(NCc4cccc(Cl)c4Cl)nc23)[nH]1. The van der Waals surface area contributed by atoms with Crippen LogP contribution < -0.4 is 21.8 Å². The Balaban J connectivity index is 1.59. The van der Waals surface area contributed by atoms with E-state index in [1.807, 2.05) is 12.1 Å². The Morgan fingerprint density at radius 2 is 2.13 bits per heavy atom. The topological polar surface area (TPSA) is 136 Å². The van der Waals surface area contributed by atoms with Crippen molar-refractivity contribution in [3.63, 3.8) is 0 Å². The third-order valence-corrected chi connectivity index (χ3v) is 5.58. The molecule has 12 heteroatoms. The molecule has 0 radical (unpaired) electrons. The zero-order valence-corrected chi connectivity index (χ0v) is 17.4. The number of aromatic amines is 2. The van der Waals surface area contributed by atoms with E-state index in [1.54, 1.807) is 18.3 Å². The number of hydrogen-bond donors (Lipinski definition) is 4. The highest BCUT2D eigenvalue weighted by atomic mass is 35.5. The number of nitrogens with one attached hydrogen (secondary N) is 3. The average molecular weight is 459 g/mol. The number of anilines is 1. The van der Waals surface area contributed by atoms with Crippen molar-refractivity contribution in [2.75, 3.05) is 5.32 Å². The number of hydrogen-bond acceptors (Lipinski definition) is 7. The third-order valence-electron chi connectivity index (χ3n) is 4.73.